The van der Waals surface area contributed by atoms with E-state index in [-0.39, 0.29) is 0 Å². The zero-order valence-corrected chi connectivity index (χ0v) is 13.1. The highest BCUT2D eigenvalue weighted by atomic mass is 15.1. The van der Waals surface area contributed by atoms with Gasteiger partial charge in [-0.3, -0.25) is 4.98 Å². The number of hydrogen-bond acceptors (Lipinski definition) is 4. The summed E-state index contributed by atoms with van der Waals surface area (Å²) >= 11 is 0. The summed E-state index contributed by atoms with van der Waals surface area (Å²) in [4.78, 5) is 15.7. The second-order valence-corrected chi connectivity index (χ2v) is 5.99. The van der Waals surface area contributed by atoms with Crippen molar-refractivity contribution in [1.82, 2.24) is 19.9 Å². The Bertz CT molecular complexity index is 547. The van der Waals surface area contributed by atoms with Crippen molar-refractivity contribution < 1.29 is 0 Å². The van der Waals surface area contributed by atoms with Crippen LogP contribution in [0.1, 0.15) is 37.7 Å². The summed E-state index contributed by atoms with van der Waals surface area (Å²) in [5.74, 6) is 0.706. The first-order valence-corrected chi connectivity index (χ1v) is 8.36. The van der Waals surface area contributed by atoms with Crippen molar-refractivity contribution in [3.63, 3.8) is 0 Å². The Hall–Kier alpha value is -1.81. The van der Waals surface area contributed by atoms with E-state index in [0.29, 0.717) is 5.82 Å². The number of aryl methyl sites for hydroxylation is 1. The van der Waals surface area contributed by atoms with Gasteiger partial charge in [-0.05, 0) is 69.4 Å². The minimum absolute atomic E-state index is 0.706. The lowest BCUT2D eigenvalue weighted by Crippen LogP contribution is -2.30. The molecule has 0 aromatic carbocycles. The van der Waals surface area contributed by atoms with Crippen molar-refractivity contribution in [2.45, 2.75) is 38.5 Å². The van der Waals surface area contributed by atoms with Crippen LogP contribution in [0.4, 0.5) is 0 Å². The third kappa shape index (κ3) is 4.34. The van der Waals surface area contributed by atoms with E-state index < -0.39 is 0 Å². The first-order valence-electron chi connectivity index (χ1n) is 8.36. The highest BCUT2D eigenvalue weighted by Gasteiger charge is 2.09. The van der Waals surface area contributed by atoms with Crippen LogP contribution in [0.3, 0.4) is 0 Å². The lowest BCUT2D eigenvalue weighted by atomic mass is 10.1. The summed E-state index contributed by atoms with van der Waals surface area (Å²) in [6, 6.07) is 5.80. The van der Waals surface area contributed by atoms with Crippen molar-refractivity contribution in [3.05, 3.63) is 42.4 Å². The summed E-state index contributed by atoms with van der Waals surface area (Å²) in [7, 11) is 0. The number of pyridine rings is 1. The zero-order chi connectivity index (χ0) is 15.0. The van der Waals surface area contributed by atoms with E-state index in [1.807, 2.05) is 30.6 Å². The van der Waals surface area contributed by atoms with Gasteiger partial charge in [-0.1, -0.05) is 12.5 Å². The van der Waals surface area contributed by atoms with Gasteiger partial charge in [0.25, 0.3) is 0 Å². The maximum atomic E-state index is 4.43. The number of nitrogens with zero attached hydrogens (tertiary/aromatic N) is 4. The maximum Gasteiger partial charge on any atom is 0.178 e. The third-order valence-corrected chi connectivity index (χ3v) is 4.24. The SMILES string of the molecule is c1ccc(-c2ncc(CCCCN3CCCCC3)cn2)nc1. The molecule has 0 radical (unpaired) electrons. The summed E-state index contributed by atoms with van der Waals surface area (Å²) in [5.41, 5.74) is 2.05. The number of piperidine rings is 1. The van der Waals surface area contributed by atoms with E-state index in [4.69, 9.17) is 0 Å². The van der Waals surface area contributed by atoms with Crippen LogP contribution < -0.4 is 0 Å². The number of hydrogen-bond donors (Lipinski definition) is 0. The van der Waals surface area contributed by atoms with Crippen molar-refractivity contribution >= 4 is 0 Å². The summed E-state index contributed by atoms with van der Waals surface area (Å²) < 4.78 is 0. The molecule has 22 heavy (non-hydrogen) atoms. The molecule has 116 valence electrons. The van der Waals surface area contributed by atoms with Gasteiger partial charge >= 0.3 is 0 Å². The first-order chi connectivity index (χ1) is 10.9. The quantitative estimate of drug-likeness (QED) is 0.767. The topological polar surface area (TPSA) is 41.9 Å². The van der Waals surface area contributed by atoms with Crippen molar-refractivity contribution in [1.29, 1.82) is 0 Å². The fraction of sp³-hybridized carbons (Fsp3) is 0.500. The van der Waals surface area contributed by atoms with Gasteiger partial charge in [0.1, 0.15) is 5.69 Å². The molecular formula is C18H24N4. The third-order valence-electron chi connectivity index (χ3n) is 4.24. The van der Waals surface area contributed by atoms with Crippen LogP contribution in [0.2, 0.25) is 0 Å². The molecule has 1 aliphatic rings. The Morgan fingerprint density at radius 3 is 2.45 bits per heavy atom. The minimum atomic E-state index is 0.706. The molecule has 0 atom stereocenters. The molecule has 1 aliphatic heterocycles. The molecule has 0 aliphatic carbocycles. The Morgan fingerprint density at radius 1 is 0.909 bits per heavy atom. The van der Waals surface area contributed by atoms with Crippen molar-refractivity contribution in [2.24, 2.45) is 0 Å². The lowest BCUT2D eigenvalue weighted by molar-refractivity contribution is 0.225. The molecule has 3 heterocycles. The zero-order valence-electron chi connectivity index (χ0n) is 13.1. The van der Waals surface area contributed by atoms with E-state index in [1.165, 1.54) is 57.3 Å². The van der Waals surface area contributed by atoms with E-state index in [1.54, 1.807) is 6.20 Å². The van der Waals surface area contributed by atoms with Crippen LogP contribution in [0, 0.1) is 0 Å². The predicted octanol–water partition coefficient (Wildman–Crippen LogP) is 3.35. The van der Waals surface area contributed by atoms with E-state index in [2.05, 4.69) is 19.9 Å². The maximum absolute atomic E-state index is 4.43. The summed E-state index contributed by atoms with van der Waals surface area (Å²) in [6.07, 6.45) is 13.4. The van der Waals surface area contributed by atoms with Crippen LogP contribution in [-0.2, 0) is 6.42 Å². The second-order valence-electron chi connectivity index (χ2n) is 5.99. The van der Waals surface area contributed by atoms with Gasteiger partial charge in [0.15, 0.2) is 5.82 Å². The Labute approximate surface area is 132 Å². The molecule has 2 aromatic rings. The molecular weight excluding hydrogens is 272 g/mol. The normalized spacial score (nSPS) is 15.8. The van der Waals surface area contributed by atoms with Gasteiger partial charge in [-0.15, -0.1) is 0 Å². The highest BCUT2D eigenvalue weighted by Crippen LogP contribution is 2.12. The molecule has 1 saturated heterocycles. The molecule has 2 aromatic heterocycles. The van der Waals surface area contributed by atoms with E-state index in [9.17, 15) is 0 Å². The average molecular weight is 296 g/mol. The van der Waals surface area contributed by atoms with Gasteiger partial charge in [0.05, 0.1) is 0 Å². The van der Waals surface area contributed by atoms with Gasteiger partial charge in [0, 0.05) is 18.6 Å². The van der Waals surface area contributed by atoms with Crippen LogP contribution in [0.25, 0.3) is 11.5 Å². The number of unbranched alkanes of at least 4 members (excludes halogenated alkanes) is 1. The molecule has 0 bridgehead atoms. The number of rotatable bonds is 6. The molecule has 3 rings (SSSR count). The van der Waals surface area contributed by atoms with Crippen LogP contribution in [0.5, 0.6) is 0 Å². The average Bonchev–Trinajstić information content (AvgIpc) is 2.61. The molecule has 4 nitrogen and oxygen atoms in total. The van der Waals surface area contributed by atoms with Gasteiger partial charge in [-0.2, -0.15) is 0 Å². The van der Waals surface area contributed by atoms with Crippen molar-refractivity contribution in [2.75, 3.05) is 19.6 Å². The Morgan fingerprint density at radius 2 is 1.73 bits per heavy atom. The molecule has 4 heteroatoms. The summed E-state index contributed by atoms with van der Waals surface area (Å²) in [6.45, 7) is 3.83. The van der Waals surface area contributed by atoms with E-state index >= 15 is 0 Å². The number of likely N-dealkylation sites (tertiary alicyclic amines) is 1. The molecule has 0 spiro atoms. The first kappa shape index (κ1) is 15.1. The Balaban J connectivity index is 1.43. The Kier molecular flexibility index (Phi) is 5.48. The lowest BCUT2D eigenvalue weighted by Gasteiger charge is -2.26. The van der Waals surface area contributed by atoms with E-state index in [0.717, 1.165) is 12.1 Å². The molecule has 0 N–H and O–H groups in total. The summed E-state index contributed by atoms with van der Waals surface area (Å²) in [5, 5.41) is 0. The fourth-order valence-electron chi connectivity index (χ4n) is 2.96. The van der Waals surface area contributed by atoms with Crippen LogP contribution in [-0.4, -0.2) is 39.5 Å². The molecule has 0 saturated carbocycles. The fourth-order valence-corrected chi connectivity index (χ4v) is 2.96. The smallest absolute Gasteiger partial charge is 0.178 e. The van der Waals surface area contributed by atoms with Crippen molar-refractivity contribution in [3.8, 4) is 11.5 Å². The predicted molar refractivity (Wildman–Crippen MR) is 88.5 cm³/mol. The van der Waals surface area contributed by atoms with Gasteiger partial charge in [0.2, 0.25) is 0 Å². The molecule has 1 fully saturated rings. The van der Waals surface area contributed by atoms with Gasteiger partial charge < -0.3 is 4.90 Å². The van der Waals surface area contributed by atoms with Crippen LogP contribution in [0.15, 0.2) is 36.8 Å². The number of aromatic nitrogens is 3. The monoisotopic (exact) mass is 296 g/mol. The van der Waals surface area contributed by atoms with Gasteiger partial charge in [-0.25, -0.2) is 9.97 Å². The highest BCUT2D eigenvalue weighted by molar-refractivity contribution is 5.47. The largest absolute Gasteiger partial charge is 0.303 e. The standard InChI is InChI=1S/C18H24N4/c1-5-11-22(12-6-1)13-7-3-8-16-14-20-18(21-15-16)17-9-2-4-10-19-17/h2,4,9-10,14-15H,1,3,5-8,11-13H2. The molecule has 0 amide bonds. The second kappa shape index (κ2) is 7.99. The van der Waals surface area contributed by atoms with Crippen LogP contribution >= 0.6 is 0 Å². The molecule has 0 unspecified atom stereocenters. The minimum Gasteiger partial charge on any atom is -0.303 e.